The number of hydrogen-bond donors (Lipinski definition) is 1. The molecule has 128 valence electrons. The number of likely N-dealkylation sites (tertiary alicyclic amines) is 1. The van der Waals surface area contributed by atoms with E-state index in [1.165, 1.54) is 22.6 Å². The number of imide groups is 1. The molecule has 2 bridgehead atoms. The fourth-order valence-corrected chi connectivity index (χ4v) is 5.85. The molecule has 0 spiro atoms. The van der Waals surface area contributed by atoms with Crippen LogP contribution in [0, 0.1) is 10.8 Å². The van der Waals surface area contributed by atoms with E-state index in [2.05, 4.69) is 20.8 Å². The Kier molecular flexibility index (Phi) is 3.40. The summed E-state index contributed by atoms with van der Waals surface area (Å²) in [4.78, 5) is 28.4. The Morgan fingerprint density at radius 2 is 1.79 bits per heavy atom. The number of amides is 2. The third kappa shape index (κ3) is 2.48. The molecule has 3 fully saturated rings. The van der Waals surface area contributed by atoms with Crippen LogP contribution in [0.5, 0.6) is 0 Å². The molecule has 1 aliphatic carbocycles. The van der Waals surface area contributed by atoms with Gasteiger partial charge >= 0.3 is 0 Å². The quantitative estimate of drug-likeness (QED) is 0.842. The molecule has 1 aromatic rings. The average Bonchev–Trinajstić information content (AvgIpc) is 2.91. The number of para-hydroxylation sites is 1. The van der Waals surface area contributed by atoms with Gasteiger partial charge in [-0.15, -0.1) is 0 Å². The van der Waals surface area contributed by atoms with E-state index in [9.17, 15) is 9.59 Å². The Balaban J connectivity index is 1.60. The second kappa shape index (κ2) is 5.16. The highest BCUT2D eigenvalue weighted by Gasteiger charge is 2.58. The van der Waals surface area contributed by atoms with Gasteiger partial charge in [0.1, 0.15) is 0 Å². The van der Waals surface area contributed by atoms with Crippen LogP contribution in [-0.4, -0.2) is 30.4 Å². The number of nitrogens with zero attached hydrogens (tertiary/aromatic N) is 1. The van der Waals surface area contributed by atoms with Gasteiger partial charge in [0.05, 0.1) is 24.7 Å². The summed E-state index contributed by atoms with van der Waals surface area (Å²) in [6.07, 6.45) is 3.92. The summed E-state index contributed by atoms with van der Waals surface area (Å²) in [5.41, 5.74) is 1.36. The second-order valence-electron chi connectivity index (χ2n) is 9.17. The number of quaternary nitrogens is 1. The maximum atomic E-state index is 13.0. The molecule has 3 aliphatic rings. The monoisotopic (exact) mass is 327 g/mol. The van der Waals surface area contributed by atoms with E-state index in [1.807, 2.05) is 30.3 Å². The molecular weight excluding hydrogens is 300 g/mol. The van der Waals surface area contributed by atoms with E-state index in [0.29, 0.717) is 29.0 Å². The zero-order chi connectivity index (χ0) is 17.1. The summed E-state index contributed by atoms with van der Waals surface area (Å²) in [5, 5.41) is 0. The van der Waals surface area contributed by atoms with E-state index in [1.54, 1.807) is 0 Å². The Morgan fingerprint density at radius 1 is 1.08 bits per heavy atom. The first-order valence-electron chi connectivity index (χ1n) is 9.06. The van der Waals surface area contributed by atoms with Gasteiger partial charge in [-0.1, -0.05) is 39.0 Å². The van der Waals surface area contributed by atoms with Crippen LogP contribution < -0.4 is 9.80 Å². The highest BCUT2D eigenvalue weighted by molar-refractivity contribution is 6.21. The normalized spacial score (nSPS) is 38.0. The first-order chi connectivity index (χ1) is 11.3. The fraction of sp³-hybridized carbons (Fsp3) is 0.600. The predicted molar refractivity (Wildman–Crippen MR) is 92.7 cm³/mol. The van der Waals surface area contributed by atoms with Crippen LogP contribution >= 0.6 is 0 Å². The molecule has 4 nitrogen and oxygen atoms in total. The van der Waals surface area contributed by atoms with Crippen molar-refractivity contribution >= 4 is 17.5 Å². The van der Waals surface area contributed by atoms with Gasteiger partial charge in [-0.05, 0) is 24.0 Å². The van der Waals surface area contributed by atoms with Crippen molar-refractivity contribution in [1.82, 2.24) is 0 Å². The predicted octanol–water partition coefficient (Wildman–Crippen LogP) is 1.80. The molecule has 1 saturated carbocycles. The van der Waals surface area contributed by atoms with Gasteiger partial charge in [0, 0.05) is 18.3 Å². The fourth-order valence-electron chi connectivity index (χ4n) is 5.85. The van der Waals surface area contributed by atoms with Crippen LogP contribution in [-0.2, 0) is 9.59 Å². The summed E-state index contributed by atoms with van der Waals surface area (Å²) in [7, 11) is 0. The van der Waals surface area contributed by atoms with Gasteiger partial charge in [0.25, 0.3) is 5.91 Å². The summed E-state index contributed by atoms with van der Waals surface area (Å²) >= 11 is 0. The van der Waals surface area contributed by atoms with Crippen LogP contribution in [0.4, 0.5) is 5.69 Å². The molecule has 1 N–H and O–H groups in total. The van der Waals surface area contributed by atoms with Crippen LogP contribution in [0.25, 0.3) is 0 Å². The van der Waals surface area contributed by atoms with Gasteiger partial charge in [0.2, 0.25) is 5.91 Å². The van der Waals surface area contributed by atoms with Crippen molar-refractivity contribution in [3.8, 4) is 0 Å². The molecule has 4 heteroatoms. The van der Waals surface area contributed by atoms with Crippen molar-refractivity contribution < 1.29 is 14.5 Å². The summed E-state index contributed by atoms with van der Waals surface area (Å²) in [6.45, 7) is 8.08. The first kappa shape index (κ1) is 15.8. The second-order valence-corrected chi connectivity index (χ2v) is 9.17. The largest absolute Gasteiger partial charge is 0.321 e. The van der Waals surface area contributed by atoms with E-state index >= 15 is 0 Å². The molecule has 24 heavy (non-hydrogen) atoms. The zero-order valence-corrected chi connectivity index (χ0v) is 14.8. The first-order valence-corrected chi connectivity index (χ1v) is 9.06. The number of anilines is 1. The lowest BCUT2D eigenvalue weighted by Crippen LogP contribution is -3.18. The van der Waals surface area contributed by atoms with Crippen molar-refractivity contribution in [2.45, 2.75) is 58.5 Å². The third-order valence-electron chi connectivity index (χ3n) is 6.21. The number of carbonyl (C=O) groups is 2. The standard InChI is InChI=1S/C20H26N2O2/c1-19(2)10-15-11-20(3,12-19)13-21(15)16-9-17(23)22(18(16)24)14-7-5-4-6-8-14/h4-8,15-16H,9-13H2,1-3H3/p+1. The van der Waals surface area contributed by atoms with Crippen molar-refractivity contribution in [2.24, 2.45) is 10.8 Å². The van der Waals surface area contributed by atoms with Crippen LogP contribution in [0.1, 0.15) is 46.5 Å². The number of hydrogen-bond acceptors (Lipinski definition) is 2. The Bertz CT molecular complexity index is 684. The lowest BCUT2D eigenvalue weighted by Gasteiger charge is -2.37. The van der Waals surface area contributed by atoms with Crippen molar-refractivity contribution in [3.05, 3.63) is 30.3 Å². The molecule has 2 heterocycles. The van der Waals surface area contributed by atoms with E-state index in [4.69, 9.17) is 0 Å². The number of benzene rings is 1. The molecule has 0 radical (unpaired) electrons. The topological polar surface area (TPSA) is 41.8 Å². The zero-order valence-electron chi connectivity index (χ0n) is 14.8. The summed E-state index contributed by atoms with van der Waals surface area (Å²) in [5.74, 6) is -0.0512. The minimum atomic E-state index is -0.196. The molecule has 1 aromatic carbocycles. The molecule has 0 aromatic heterocycles. The SMILES string of the molecule is CC1(C)CC2CC(C)(C[NH+]2C2CC(=O)N(c3ccccc3)C2=O)C1. The van der Waals surface area contributed by atoms with Crippen LogP contribution in [0.15, 0.2) is 30.3 Å². The molecule has 2 aliphatic heterocycles. The van der Waals surface area contributed by atoms with Crippen molar-refractivity contribution in [2.75, 3.05) is 11.4 Å². The minimum absolute atomic E-state index is 0.00449. The highest BCUT2D eigenvalue weighted by atomic mass is 16.2. The van der Waals surface area contributed by atoms with Gasteiger partial charge in [0.15, 0.2) is 6.04 Å². The Morgan fingerprint density at radius 3 is 2.50 bits per heavy atom. The molecule has 4 unspecified atom stereocenters. The van der Waals surface area contributed by atoms with Crippen molar-refractivity contribution in [3.63, 3.8) is 0 Å². The van der Waals surface area contributed by atoms with E-state index in [-0.39, 0.29) is 17.9 Å². The number of rotatable bonds is 2. The summed E-state index contributed by atoms with van der Waals surface area (Å²) in [6, 6.07) is 9.67. The van der Waals surface area contributed by atoms with E-state index in [0.717, 1.165) is 13.0 Å². The van der Waals surface area contributed by atoms with Gasteiger partial charge in [-0.3, -0.25) is 9.59 Å². The molecule has 4 atom stereocenters. The number of nitrogens with one attached hydrogen (secondary N) is 1. The van der Waals surface area contributed by atoms with Crippen LogP contribution in [0.3, 0.4) is 0 Å². The Labute approximate surface area is 143 Å². The lowest BCUT2D eigenvalue weighted by atomic mass is 9.65. The molecule has 2 amide bonds. The average molecular weight is 327 g/mol. The Hall–Kier alpha value is -1.68. The van der Waals surface area contributed by atoms with Gasteiger partial charge in [-0.2, -0.15) is 0 Å². The minimum Gasteiger partial charge on any atom is -0.321 e. The molecule has 4 rings (SSSR count). The summed E-state index contributed by atoms with van der Waals surface area (Å²) < 4.78 is 0. The van der Waals surface area contributed by atoms with Crippen molar-refractivity contribution in [1.29, 1.82) is 0 Å². The molecule has 2 saturated heterocycles. The maximum absolute atomic E-state index is 13.0. The molecular formula is C20H27N2O2+. The van der Waals surface area contributed by atoms with Gasteiger partial charge in [-0.25, -0.2) is 4.90 Å². The van der Waals surface area contributed by atoms with Crippen LogP contribution in [0.2, 0.25) is 0 Å². The smallest absolute Gasteiger partial charge is 0.292 e. The number of carbonyl (C=O) groups excluding carboxylic acids is 2. The third-order valence-corrected chi connectivity index (χ3v) is 6.21. The van der Waals surface area contributed by atoms with E-state index < -0.39 is 0 Å². The maximum Gasteiger partial charge on any atom is 0.292 e. The lowest BCUT2D eigenvalue weighted by molar-refractivity contribution is -0.929. The highest BCUT2D eigenvalue weighted by Crippen LogP contribution is 2.47. The number of fused-ring (bicyclic) bond motifs is 2. The van der Waals surface area contributed by atoms with Gasteiger partial charge < -0.3 is 4.90 Å².